The largest absolute Gasteiger partial charge is 0.489 e. The van der Waals surface area contributed by atoms with Crippen LogP contribution < -0.4 is 15.2 Å². The van der Waals surface area contributed by atoms with Gasteiger partial charge >= 0.3 is 0 Å². The summed E-state index contributed by atoms with van der Waals surface area (Å²) in [5, 5.41) is 21.7. The number of hydrogen-bond acceptors (Lipinski definition) is 8. The zero-order valence-electron chi connectivity index (χ0n) is 23.4. The Labute approximate surface area is 242 Å². The first kappa shape index (κ1) is 27.4. The number of aromatic nitrogens is 2. The number of rotatable bonds is 9. The van der Waals surface area contributed by atoms with E-state index in [0.717, 1.165) is 18.2 Å². The number of benzene rings is 2. The average molecular weight is 563 g/mol. The lowest BCUT2D eigenvalue weighted by Crippen LogP contribution is -2.40. The van der Waals surface area contributed by atoms with E-state index >= 15 is 0 Å². The van der Waals surface area contributed by atoms with Gasteiger partial charge in [-0.1, -0.05) is 18.2 Å². The second kappa shape index (κ2) is 10.2. The van der Waals surface area contributed by atoms with Crippen LogP contribution in [0, 0.1) is 11.3 Å². The molecule has 42 heavy (non-hydrogen) atoms. The molecule has 0 saturated heterocycles. The van der Waals surface area contributed by atoms with E-state index in [9.17, 15) is 20.0 Å². The molecule has 0 spiro atoms. The molecule has 2 aromatic heterocycles. The van der Waals surface area contributed by atoms with E-state index in [1.807, 2.05) is 12.1 Å². The highest BCUT2D eigenvalue weighted by Crippen LogP contribution is 2.46. The average Bonchev–Trinajstić information content (AvgIpc) is 3.75. The van der Waals surface area contributed by atoms with Crippen LogP contribution >= 0.6 is 0 Å². The van der Waals surface area contributed by atoms with Gasteiger partial charge in [-0.15, -0.1) is 0 Å². The molecule has 0 bridgehead atoms. The van der Waals surface area contributed by atoms with Gasteiger partial charge in [-0.05, 0) is 69.5 Å². The first-order chi connectivity index (χ1) is 20.1. The Hall–Kier alpha value is -4.81. The maximum absolute atomic E-state index is 13.4. The maximum atomic E-state index is 13.4. The van der Waals surface area contributed by atoms with Crippen molar-refractivity contribution in [1.82, 2.24) is 9.97 Å². The molecule has 1 fully saturated rings. The van der Waals surface area contributed by atoms with Crippen molar-refractivity contribution in [2.45, 2.75) is 56.7 Å². The molecule has 2 aromatic carbocycles. The number of carbonyl (C=O) groups excluding carboxylic acids is 2. The Bertz CT molecular complexity index is 1770. The molecule has 9 heteroatoms. The summed E-state index contributed by atoms with van der Waals surface area (Å²) in [6.45, 7) is 3.33. The van der Waals surface area contributed by atoms with Crippen LogP contribution in [0.15, 0.2) is 60.8 Å². The monoisotopic (exact) mass is 562 g/mol. The molecule has 3 N–H and O–H groups in total. The van der Waals surface area contributed by atoms with Gasteiger partial charge in [0.2, 0.25) is 5.91 Å². The van der Waals surface area contributed by atoms with Gasteiger partial charge in [0.15, 0.2) is 5.78 Å². The summed E-state index contributed by atoms with van der Waals surface area (Å²) in [6, 6.07) is 17.8. The number of nitrogens with two attached hydrogens (primary N) is 1. The van der Waals surface area contributed by atoms with Crippen LogP contribution in [0.1, 0.15) is 66.7 Å². The second-order valence-corrected chi connectivity index (χ2v) is 11.5. The Morgan fingerprint density at radius 1 is 1.21 bits per heavy atom. The summed E-state index contributed by atoms with van der Waals surface area (Å²) in [7, 11) is 0. The molecule has 1 aliphatic heterocycles. The van der Waals surface area contributed by atoms with Crippen molar-refractivity contribution >= 4 is 22.6 Å². The number of pyridine rings is 2. The third-order valence-electron chi connectivity index (χ3n) is 8.10. The number of Topliss-reactive ketones (excluding diaryl/α,β-unsaturated/α-hetero) is 1. The van der Waals surface area contributed by atoms with Crippen LogP contribution in [0.5, 0.6) is 11.5 Å². The minimum Gasteiger partial charge on any atom is -0.489 e. The molecule has 2 atom stereocenters. The number of aliphatic hydroxyl groups is 1. The molecule has 212 valence electrons. The molecule has 2 aliphatic rings. The fourth-order valence-corrected chi connectivity index (χ4v) is 5.17. The van der Waals surface area contributed by atoms with Crippen molar-refractivity contribution in [1.29, 1.82) is 5.26 Å². The second-order valence-electron chi connectivity index (χ2n) is 11.5. The third-order valence-corrected chi connectivity index (χ3v) is 8.10. The van der Waals surface area contributed by atoms with Crippen LogP contribution in [0.25, 0.3) is 22.2 Å². The van der Waals surface area contributed by atoms with Crippen molar-refractivity contribution in [3.05, 3.63) is 83.2 Å². The molecule has 9 nitrogen and oxygen atoms in total. The highest BCUT2D eigenvalue weighted by atomic mass is 16.5. The zero-order chi connectivity index (χ0) is 29.6. The zero-order valence-corrected chi connectivity index (χ0v) is 23.4. The molecule has 4 aromatic rings. The fraction of sp³-hybridized carbons (Fsp3) is 0.303. The lowest BCUT2D eigenvalue weighted by Gasteiger charge is -2.26. The van der Waals surface area contributed by atoms with Crippen LogP contribution in [-0.2, 0) is 15.8 Å². The predicted molar refractivity (Wildman–Crippen MR) is 155 cm³/mol. The van der Waals surface area contributed by atoms with Crippen molar-refractivity contribution in [2.24, 2.45) is 5.73 Å². The number of carbonyl (C=O) groups is 2. The third kappa shape index (κ3) is 4.95. The lowest BCUT2D eigenvalue weighted by molar-refractivity contribution is -0.123. The topological polar surface area (TPSA) is 148 Å². The van der Waals surface area contributed by atoms with Crippen LogP contribution in [0.3, 0.4) is 0 Å². The van der Waals surface area contributed by atoms with E-state index in [4.69, 9.17) is 20.2 Å². The van der Waals surface area contributed by atoms with E-state index in [1.54, 1.807) is 62.5 Å². The summed E-state index contributed by atoms with van der Waals surface area (Å²) in [4.78, 5) is 35.1. The Morgan fingerprint density at radius 2 is 1.98 bits per heavy atom. The molecular formula is C33H30N4O5. The van der Waals surface area contributed by atoms with Crippen molar-refractivity contribution in [3.63, 3.8) is 0 Å². The smallest absolute Gasteiger partial charge is 0.231 e. The molecule has 0 unspecified atom stereocenters. The summed E-state index contributed by atoms with van der Waals surface area (Å²) >= 11 is 0. The van der Waals surface area contributed by atoms with Crippen molar-refractivity contribution in [2.75, 3.05) is 6.61 Å². The first-order valence-electron chi connectivity index (χ1n) is 13.9. The van der Waals surface area contributed by atoms with E-state index in [1.165, 1.54) is 0 Å². The van der Waals surface area contributed by atoms with Gasteiger partial charge in [-0.25, -0.2) is 4.98 Å². The molecule has 6 rings (SSSR count). The van der Waals surface area contributed by atoms with E-state index in [0.29, 0.717) is 45.0 Å². The summed E-state index contributed by atoms with van der Waals surface area (Å²) in [5.74, 6) is 0.280. The van der Waals surface area contributed by atoms with E-state index < -0.39 is 16.9 Å². The summed E-state index contributed by atoms with van der Waals surface area (Å²) in [5.41, 5.74) is 6.69. The number of fused-ring (bicyclic) bond motifs is 2. The van der Waals surface area contributed by atoms with Crippen LogP contribution in [-0.4, -0.2) is 39.5 Å². The summed E-state index contributed by atoms with van der Waals surface area (Å²) < 4.78 is 12.0. The SMILES string of the molecule is C[C@](O)(CCC(=O)c1cc(OC2CC2)c2ncccc2c1)c1cc2c(c(-c3ccc(C#N)cc3)n1)OC[C@]2(C)C(N)=O. The molecular weight excluding hydrogens is 532 g/mol. The first-order valence-corrected chi connectivity index (χ1v) is 13.9. The standard InChI is InChI=1S/C33H30N4O5/c1-32(31(35)39)18-41-30-24(32)16-27(37-29(30)20-7-5-19(17-34)6-8-20)33(2,40)12-11-25(38)22-14-21-4-3-13-36-28(21)26(15-22)42-23-9-10-23/h3-8,13-16,23,40H,9-12,18H2,1-2H3,(H2,35,39)/t32-,33-/m0/s1. The van der Waals surface area contributed by atoms with Gasteiger partial charge in [-0.2, -0.15) is 5.26 Å². The number of ketones is 1. The van der Waals surface area contributed by atoms with Gasteiger partial charge < -0.3 is 20.3 Å². The van der Waals surface area contributed by atoms with Gasteiger partial charge in [0.1, 0.15) is 40.3 Å². The molecule has 1 aliphatic carbocycles. The quantitative estimate of drug-likeness (QED) is 0.279. The molecule has 0 radical (unpaired) electrons. The number of nitriles is 1. The van der Waals surface area contributed by atoms with Gasteiger partial charge in [0.25, 0.3) is 0 Å². The number of ether oxygens (including phenoxy) is 2. The van der Waals surface area contributed by atoms with Gasteiger partial charge in [-0.3, -0.25) is 14.6 Å². The minimum atomic E-state index is -1.53. The van der Waals surface area contributed by atoms with E-state index in [-0.39, 0.29) is 37.0 Å². The Morgan fingerprint density at radius 3 is 2.67 bits per heavy atom. The normalized spacial score (nSPS) is 18.9. The highest BCUT2D eigenvalue weighted by Gasteiger charge is 2.45. The number of nitrogens with zero attached hydrogens (tertiary/aromatic N) is 3. The highest BCUT2D eigenvalue weighted by molar-refractivity contribution is 6.01. The van der Waals surface area contributed by atoms with Crippen molar-refractivity contribution < 1.29 is 24.2 Å². The maximum Gasteiger partial charge on any atom is 0.231 e. The number of hydrogen-bond donors (Lipinski definition) is 2. The Kier molecular flexibility index (Phi) is 6.66. The lowest BCUT2D eigenvalue weighted by atomic mass is 9.81. The van der Waals surface area contributed by atoms with E-state index in [2.05, 4.69) is 11.1 Å². The van der Waals surface area contributed by atoms with Crippen LogP contribution in [0.2, 0.25) is 0 Å². The van der Waals surface area contributed by atoms with Gasteiger partial charge in [0, 0.05) is 34.7 Å². The number of amides is 1. The van der Waals surface area contributed by atoms with Crippen LogP contribution in [0.4, 0.5) is 0 Å². The minimum absolute atomic E-state index is 0.0365. The molecule has 1 amide bonds. The summed E-state index contributed by atoms with van der Waals surface area (Å²) in [6.07, 6.45) is 3.91. The number of primary amides is 1. The van der Waals surface area contributed by atoms with Gasteiger partial charge in [0.05, 0.1) is 23.4 Å². The molecule has 3 heterocycles. The molecule has 1 saturated carbocycles. The fourth-order valence-electron chi connectivity index (χ4n) is 5.17. The Balaban J connectivity index is 1.32. The van der Waals surface area contributed by atoms with Crippen molar-refractivity contribution in [3.8, 4) is 28.8 Å². The predicted octanol–water partition coefficient (Wildman–Crippen LogP) is 4.72.